The average molecular weight is 298 g/mol. The highest BCUT2D eigenvalue weighted by Crippen LogP contribution is 2.35. The summed E-state index contributed by atoms with van der Waals surface area (Å²) in [5.41, 5.74) is 0.889. The Morgan fingerprint density at radius 3 is 2.76 bits per heavy atom. The number of likely N-dealkylation sites (tertiary alicyclic amines) is 1. The fourth-order valence-electron chi connectivity index (χ4n) is 2.56. The molecule has 0 saturated carbocycles. The van der Waals surface area contributed by atoms with Gasteiger partial charge in [-0.3, -0.25) is 4.79 Å². The second-order valence-electron chi connectivity index (χ2n) is 4.65. The largest absolute Gasteiger partial charge is 0.481 e. The molecule has 0 aromatic heterocycles. The van der Waals surface area contributed by atoms with Crippen molar-refractivity contribution < 1.29 is 9.90 Å². The summed E-state index contributed by atoms with van der Waals surface area (Å²) in [6, 6.07) is 7.62. The molecule has 1 aliphatic rings. The summed E-state index contributed by atoms with van der Waals surface area (Å²) >= 11 is 3.45. The van der Waals surface area contributed by atoms with Gasteiger partial charge in [0.2, 0.25) is 0 Å². The minimum atomic E-state index is -0.725. The molecule has 0 amide bonds. The van der Waals surface area contributed by atoms with E-state index in [4.69, 9.17) is 0 Å². The number of carbonyl (C=O) groups is 1. The van der Waals surface area contributed by atoms with E-state index in [-0.39, 0.29) is 5.92 Å². The first-order chi connectivity index (χ1) is 8.09. The summed E-state index contributed by atoms with van der Waals surface area (Å²) in [4.78, 5) is 13.7. The topological polar surface area (TPSA) is 40.5 Å². The fourth-order valence-corrected chi connectivity index (χ4v) is 3.09. The van der Waals surface area contributed by atoms with Crippen molar-refractivity contribution in [2.24, 2.45) is 5.92 Å². The zero-order valence-electron chi connectivity index (χ0n) is 9.77. The van der Waals surface area contributed by atoms with Gasteiger partial charge in [-0.2, -0.15) is 0 Å². The van der Waals surface area contributed by atoms with Crippen LogP contribution in [0.5, 0.6) is 0 Å². The SMILES string of the molecule is CN1CCC(C(C(=O)O)c2ccccc2Br)C1. The quantitative estimate of drug-likeness (QED) is 0.932. The van der Waals surface area contributed by atoms with Crippen molar-refractivity contribution >= 4 is 21.9 Å². The van der Waals surface area contributed by atoms with E-state index in [1.807, 2.05) is 31.3 Å². The minimum absolute atomic E-state index is 0.205. The Labute approximate surface area is 110 Å². The minimum Gasteiger partial charge on any atom is -0.481 e. The summed E-state index contributed by atoms with van der Waals surface area (Å²) in [7, 11) is 2.04. The van der Waals surface area contributed by atoms with Crippen molar-refractivity contribution in [1.29, 1.82) is 0 Å². The van der Waals surface area contributed by atoms with Gasteiger partial charge in [0, 0.05) is 11.0 Å². The summed E-state index contributed by atoms with van der Waals surface area (Å²) in [6.07, 6.45) is 0.953. The van der Waals surface area contributed by atoms with Gasteiger partial charge in [-0.25, -0.2) is 0 Å². The molecule has 4 heteroatoms. The normalized spacial score (nSPS) is 22.6. The molecule has 1 heterocycles. The molecule has 1 aromatic rings. The van der Waals surface area contributed by atoms with E-state index >= 15 is 0 Å². The third-order valence-electron chi connectivity index (χ3n) is 3.41. The molecule has 0 bridgehead atoms. The van der Waals surface area contributed by atoms with E-state index in [9.17, 15) is 9.90 Å². The predicted octanol–water partition coefficient (Wildman–Crippen LogP) is 2.57. The van der Waals surface area contributed by atoms with E-state index in [0.717, 1.165) is 29.5 Å². The zero-order chi connectivity index (χ0) is 12.4. The van der Waals surface area contributed by atoms with Crippen molar-refractivity contribution in [3.8, 4) is 0 Å². The first-order valence-corrected chi connectivity index (χ1v) is 6.54. The molecular weight excluding hydrogens is 282 g/mol. The standard InChI is InChI=1S/C13H16BrNO2/c1-15-7-6-9(8-15)12(13(16)17)10-4-2-3-5-11(10)14/h2-5,9,12H,6-8H2,1H3,(H,16,17). The van der Waals surface area contributed by atoms with Crippen LogP contribution in [0.15, 0.2) is 28.7 Å². The Kier molecular flexibility index (Phi) is 3.84. The molecule has 2 atom stereocenters. The van der Waals surface area contributed by atoms with Crippen molar-refractivity contribution in [3.63, 3.8) is 0 Å². The monoisotopic (exact) mass is 297 g/mol. The summed E-state index contributed by atoms with van der Waals surface area (Å²) < 4.78 is 0.891. The first-order valence-electron chi connectivity index (χ1n) is 5.75. The molecule has 0 radical (unpaired) electrons. The number of rotatable bonds is 3. The molecule has 3 nitrogen and oxygen atoms in total. The smallest absolute Gasteiger partial charge is 0.311 e. The Balaban J connectivity index is 2.30. The van der Waals surface area contributed by atoms with Crippen LogP contribution in [0.4, 0.5) is 0 Å². The van der Waals surface area contributed by atoms with Crippen LogP contribution in [0.2, 0.25) is 0 Å². The molecule has 1 saturated heterocycles. The number of hydrogen-bond donors (Lipinski definition) is 1. The van der Waals surface area contributed by atoms with Crippen LogP contribution in [0.1, 0.15) is 17.9 Å². The maximum atomic E-state index is 11.5. The fraction of sp³-hybridized carbons (Fsp3) is 0.462. The van der Waals surface area contributed by atoms with E-state index in [1.54, 1.807) is 0 Å². The third kappa shape index (κ3) is 2.69. The van der Waals surface area contributed by atoms with Crippen LogP contribution < -0.4 is 0 Å². The first kappa shape index (κ1) is 12.6. The number of hydrogen-bond acceptors (Lipinski definition) is 2. The summed E-state index contributed by atoms with van der Waals surface area (Å²) in [5, 5.41) is 9.46. The number of carboxylic acid groups (broad SMARTS) is 1. The maximum absolute atomic E-state index is 11.5. The second-order valence-corrected chi connectivity index (χ2v) is 5.50. The Morgan fingerprint density at radius 2 is 2.24 bits per heavy atom. The summed E-state index contributed by atoms with van der Waals surface area (Å²) in [6.45, 7) is 1.84. The number of nitrogens with zero attached hydrogens (tertiary/aromatic N) is 1. The molecular formula is C13H16BrNO2. The van der Waals surface area contributed by atoms with Crippen LogP contribution in [0, 0.1) is 5.92 Å². The van der Waals surface area contributed by atoms with Gasteiger partial charge in [0.15, 0.2) is 0 Å². The third-order valence-corrected chi connectivity index (χ3v) is 4.13. The van der Waals surface area contributed by atoms with Gasteiger partial charge in [0.25, 0.3) is 0 Å². The van der Waals surface area contributed by atoms with Gasteiger partial charge < -0.3 is 10.0 Å². The lowest BCUT2D eigenvalue weighted by atomic mass is 9.85. The summed E-state index contributed by atoms with van der Waals surface area (Å²) in [5.74, 6) is -0.927. The Bertz CT molecular complexity index is 422. The molecule has 92 valence electrons. The van der Waals surface area contributed by atoms with E-state index in [0.29, 0.717) is 0 Å². The second kappa shape index (κ2) is 5.19. The lowest BCUT2D eigenvalue weighted by Crippen LogP contribution is -2.24. The van der Waals surface area contributed by atoms with Gasteiger partial charge in [-0.15, -0.1) is 0 Å². The van der Waals surface area contributed by atoms with Gasteiger partial charge in [0.1, 0.15) is 0 Å². The highest BCUT2D eigenvalue weighted by atomic mass is 79.9. The van der Waals surface area contributed by atoms with E-state index in [2.05, 4.69) is 20.8 Å². The predicted molar refractivity (Wildman–Crippen MR) is 70.1 cm³/mol. The molecule has 1 fully saturated rings. The molecule has 2 rings (SSSR count). The highest BCUT2D eigenvalue weighted by molar-refractivity contribution is 9.10. The molecule has 2 unspecified atom stereocenters. The van der Waals surface area contributed by atoms with Crippen LogP contribution in [-0.2, 0) is 4.79 Å². The van der Waals surface area contributed by atoms with Crippen LogP contribution in [0.25, 0.3) is 0 Å². The molecule has 0 aliphatic carbocycles. The van der Waals surface area contributed by atoms with E-state index < -0.39 is 11.9 Å². The number of benzene rings is 1. The number of aliphatic carboxylic acids is 1. The van der Waals surface area contributed by atoms with Gasteiger partial charge >= 0.3 is 5.97 Å². The van der Waals surface area contributed by atoms with Crippen LogP contribution in [0.3, 0.4) is 0 Å². The molecule has 1 aromatic carbocycles. The van der Waals surface area contributed by atoms with Crippen molar-refractivity contribution in [1.82, 2.24) is 4.90 Å². The van der Waals surface area contributed by atoms with E-state index in [1.165, 1.54) is 0 Å². The average Bonchev–Trinajstić information content (AvgIpc) is 2.68. The maximum Gasteiger partial charge on any atom is 0.311 e. The Hall–Kier alpha value is -0.870. The lowest BCUT2D eigenvalue weighted by Gasteiger charge is -2.21. The van der Waals surface area contributed by atoms with Crippen LogP contribution >= 0.6 is 15.9 Å². The number of carboxylic acids is 1. The molecule has 17 heavy (non-hydrogen) atoms. The van der Waals surface area contributed by atoms with Crippen molar-refractivity contribution in [2.75, 3.05) is 20.1 Å². The molecule has 0 spiro atoms. The molecule has 1 aliphatic heterocycles. The Morgan fingerprint density at radius 1 is 1.53 bits per heavy atom. The lowest BCUT2D eigenvalue weighted by molar-refractivity contribution is -0.140. The van der Waals surface area contributed by atoms with Crippen molar-refractivity contribution in [3.05, 3.63) is 34.3 Å². The number of halogens is 1. The molecule has 1 N–H and O–H groups in total. The van der Waals surface area contributed by atoms with Crippen molar-refractivity contribution in [2.45, 2.75) is 12.3 Å². The highest BCUT2D eigenvalue weighted by Gasteiger charge is 2.34. The van der Waals surface area contributed by atoms with Gasteiger partial charge in [0.05, 0.1) is 5.92 Å². The van der Waals surface area contributed by atoms with Crippen LogP contribution in [-0.4, -0.2) is 36.1 Å². The van der Waals surface area contributed by atoms with Gasteiger partial charge in [-0.1, -0.05) is 34.1 Å². The van der Waals surface area contributed by atoms with Gasteiger partial charge in [-0.05, 0) is 37.6 Å². The zero-order valence-corrected chi connectivity index (χ0v) is 11.4.